The van der Waals surface area contributed by atoms with E-state index in [4.69, 9.17) is 11.6 Å². The first-order chi connectivity index (χ1) is 14.1. The lowest BCUT2D eigenvalue weighted by Crippen LogP contribution is -2.48. The van der Waals surface area contributed by atoms with Crippen LogP contribution in [0.15, 0.2) is 78.9 Å². The van der Waals surface area contributed by atoms with Crippen molar-refractivity contribution in [3.8, 4) is 0 Å². The highest BCUT2D eigenvalue weighted by molar-refractivity contribution is 6.33. The predicted molar refractivity (Wildman–Crippen MR) is 117 cm³/mol. The first kappa shape index (κ1) is 19.5. The largest absolute Gasteiger partial charge is 0.478 e. The summed E-state index contributed by atoms with van der Waals surface area (Å²) < 4.78 is 0. The van der Waals surface area contributed by atoms with Crippen LogP contribution in [-0.4, -0.2) is 42.2 Å². The summed E-state index contributed by atoms with van der Waals surface area (Å²) in [6, 6.07) is 26.6. The fourth-order valence-corrected chi connectivity index (χ4v) is 4.25. The smallest absolute Gasteiger partial charge is 0.337 e. The Morgan fingerprint density at radius 3 is 1.86 bits per heavy atom. The first-order valence-electron chi connectivity index (χ1n) is 9.75. The van der Waals surface area contributed by atoms with Gasteiger partial charge in [0, 0.05) is 31.9 Å². The molecule has 0 amide bonds. The van der Waals surface area contributed by atoms with Crippen molar-refractivity contribution in [3.05, 3.63) is 101 Å². The number of benzene rings is 3. The monoisotopic (exact) mass is 406 g/mol. The van der Waals surface area contributed by atoms with E-state index in [0.717, 1.165) is 31.9 Å². The van der Waals surface area contributed by atoms with Gasteiger partial charge < -0.3 is 10.0 Å². The van der Waals surface area contributed by atoms with Crippen LogP contribution < -0.4 is 4.90 Å². The summed E-state index contributed by atoms with van der Waals surface area (Å²) in [5, 5.41) is 9.46. The number of piperazine rings is 1. The van der Waals surface area contributed by atoms with E-state index in [0.29, 0.717) is 0 Å². The maximum atomic E-state index is 11.2. The number of halogens is 1. The summed E-state index contributed by atoms with van der Waals surface area (Å²) in [6.45, 7) is 3.54. The van der Waals surface area contributed by atoms with E-state index in [-0.39, 0.29) is 16.6 Å². The Hall–Kier alpha value is -2.82. The van der Waals surface area contributed by atoms with Crippen LogP contribution in [0.5, 0.6) is 0 Å². The fraction of sp³-hybridized carbons (Fsp3) is 0.208. The van der Waals surface area contributed by atoms with E-state index >= 15 is 0 Å². The Balaban J connectivity index is 1.53. The second-order valence-corrected chi connectivity index (χ2v) is 7.62. The Kier molecular flexibility index (Phi) is 5.84. The van der Waals surface area contributed by atoms with Gasteiger partial charge in [-0.2, -0.15) is 0 Å². The molecule has 5 heteroatoms. The van der Waals surface area contributed by atoms with Crippen LogP contribution >= 0.6 is 11.6 Å². The average Bonchev–Trinajstić information content (AvgIpc) is 2.76. The van der Waals surface area contributed by atoms with Crippen LogP contribution in [-0.2, 0) is 0 Å². The number of aromatic carboxylic acids is 1. The Morgan fingerprint density at radius 1 is 0.828 bits per heavy atom. The molecule has 3 aromatic carbocycles. The molecule has 0 saturated carbocycles. The lowest BCUT2D eigenvalue weighted by atomic mass is 9.96. The second-order valence-electron chi connectivity index (χ2n) is 7.22. The van der Waals surface area contributed by atoms with Gasteiger partial charge in [0.2, 0.25) is 0 Å². The molecule has 148 valence electrons. The lowest BCUT2D eigenvalue weighted by Gasteiger charge is -2.40. The molecule has 0 unspecified atom stereocenters. The average molecular weight is 407 g/mol. The number of hydrogen-bond acceptors (Lipinski definition) is 3. The molecule has 1 aliphatic rings. The van der Waals surface area contributed by atoms with E-state index in [1.165, 1.54) is 11.1 Å². The molecule has 1 fully saturated rings. The van der Waals surface area contributed by atoms with Crippen LogP contribution in [0.1, 0.15) is 27.5 Å². The van der Waals surface area contributed by atoms with E-state index in [1.54, 1.807) is 12.1 Å². The number of rotatable bonds is 5. The first-order valence-corrected chi connectivity index (χ1v) is 10.1. The molecule has 0 spiro atoms. The molecule has 0 bridgehead atoms. The van der Waals surface area contributed by atoms with Crippen LogP contribution in [0.3, 0.4) is 0 Å². The Labute approximate surface area is 176 Å². The summed E-state index contributed by atoms with van der Waals surface area (Å²) in [4.78, 5) is 16.0. The molecule has 1 heterocycles. The number of carbonyl (C=O) groups is 1. The van der Waals surface area contributed by atoms with Gasteiger partial charge >= 0.3 is 5.97 Å². The van der Waals surface area contributed by atoms with Gasteiger partial charge in [-0.25, -0.2) is 4.79 Å². The summed E-state index contributed by atoms with van der Waals surface area (Å²) in [6.07, 6.45) is 0. The van der Waals surface area contributed by atoms with E-state index in [9.17, 15) is 9.90 Å². The van der Waals surface area contributed by atoms with Crippen molar-refractivity contribution >= 4 is 23.3 Å². The van der Waals surface area contributed by atoms with Gasteiger partial charge in [0.15, 0.2) is 0 Å². The van der Waals surface area contributed by atoms with E-state index in [2.05, 4.69) is 58.3 Å². The highest BCUT2D eigenvalue weighted by atomic mass is 35.5. The predicted octanol–water partition coefficient (Wildman–Crippen LogP) is 4.95. The lowest BCUT2D eigenvalue weighted by molar-refractivity contribution is 0.0697. The number of carboxylic acids is 1. The minimum absolute atomic E-state index is 0.141. The van der Waals surface area contributed by atoms with Crippen molar-refractivity contribution in [1.82, 2.24) is 4.90 Å². The third-order valence-electron chi connectivity index (χ3n) is 5.46. The molecule has 4 nitrogen and oxygen atoms in total. The van der Waals surface area contributed by atoms with Crippen LogP contribution in [0.25, 0.3) is 0 Å². The normalized spacial score (nSPS) is 14.9. The third kappa shape index (κ3) is 4.29. The molecule has 1 aliphatic heterocycles. The zero-order valence-corrected chi connectivity index (χ0v) is 16.8. The summed E-state index contributed by atoms with van der Waals surface area (Å²) in [7, 11) is 0. The maximum Gasteiger partial charge on any atom is 0.337 e. The Morgan fingerprint density at radius 2 is 1.38 bits per heavy atom. The highest BCUT2D eigenvalue weighted by Gasteiger charge is 2.26. The van der Waals surface area contributed by atoms with Gasteiger partial charge in [-0.1, -0.05) is 72.3 Å². The minimum Gasteiger partial charge on any atom is -0.478 e. The summed E-state index contributed by atoms with van der Waals surface area (Å²) in [5.74, 6) is -1.00. The zero-order valence-electron chi connectivity index (χ0n) is 16.0. The van der Waals surface area contributed by atoms with Gasteiger partial charge in [0.1, 0.15) is 0 Å². The molecule has 1 N–H and O–H groups in total. The van der Waals surface area contributed by atoms with Gasteiger partial charge in [-0.3, -0.25) is 4.90 Å². The molecule has 4 rings (SSSR count). The number of carboxylic acid groups (broad SMARTS) is 1. The summed E-state index contributed by atoms with van der Waals surface area (Å²) in [5.41, 5.74) is 3.69. The van der Waals surface area contributed by atoms with Crippen molar-refractivity contribution in [1.29, 1.82) is 0 Å². The Bertz CT molecular complexity index is 931. The van der Waals surface area contributed by atoms with Crippen LogP contribution in [0.4, 0.5) is 5.69 Å². The minimum atomic E-state index is -1.00. The SMILES string of the molecule is O=C(O)c1ccc(N2CCN(C(c3ccccc3)c3ccccc3)CC2)cc1Cl. The molecule has 29 heavy (non-hydrogen) atoms. The van der Waals surface area contributed by atoms with Crippen molar-refractivity contribution in [2.75, 3.05) is 31.1 Å². The van der Waals surface area contributed by atoms with Gasteiger partial charge in [0.05, 0.1) is 16.6 Å². The number of nitrogens with zero attached hydrogens (tertiary/aromatic N) is 2. The maximum absolute atomic E-state index is 11.2. The molecule has 0 aliphatic carbocycles. The molecule has 3 aromatic rings. The van der Waals surface area contributed by atoms with Crippen molar-refractivity contribution in [2.45, 2.75) is 6.04 Å². The van der Waals surface area contributed by atoms with Crippen LogP contribution in [0, 0.1) is 0 Å². The van der Waals surface area contributed by atoms with Gasteiger partial charge in [-0.05, 0) is 29.3 Å². The molecule has 0 aromatic heterocycles. The molecule has 0 atom stereocenters. The number of hydrogen-bond donors (Lipinski definition) is 1. The van der Waals surface area contributed by atoms with Gasteiger partial charge in [0.25, 0.3) is 0 Å². The van der Waals surface area contributed by atoms with Gasteiger partial charge in [-0.15, -0.1) is 0 Å². The third-order valence-corrected chi connectivity index (χ3v) is 5.77. The van der Waals surface area contributed by atoms with E-state index in [1.807, 2.05) is 18.2 Å². The second kappa shape index (κ2) is 8.68. The highest BCUT2D eigenvalue weighted by Crippen LogP contribution is 2.31. The quantitative estimate of drug-likeness (QED) is 0.651. The van der Waals surface area contributed by atoms with Crippen molar-refractivity contribution in [2.24, 2.45) is 0 Å². The fourth-order valence-electron chi connectivity index (χ4n) is 4.00. The van der Waals surface area contributed by atoms with Crippen molar-refractivity contribution < 1.29 is 9.90 Å². The molecular formula is C24H23ClN2O2. The standard InChI is InChI=1S/C24H23ClN2O2/c25-22-17-20(11-12-21(22)24(28)29)26-13-15-27(16-14-26)23(18-7-3-1-4-8-18)19-9-5-2-6-10-19/h1-12,17,23H,13-16H2,(H,28,29). The number of anilines is 1. The topological polar surface area (TPSA) is 43.8 Å². The van der Waals surface area contributed by atoms with E-state index < -0.39 is 5.97 Å². The van der Waals surface area contributed by atoms with Crippen molar-refractivity contribution in [3.63, 3.8) is 0 Å². The molecule has 0 radical (unpaired) electrons. The zero-order chi connectivity index (χ0) is 20.2. The summed E-state index contributed by atoms with van der Waals surface area (Å²) >= 11 is 6.16. The molecular weight excluding hydrogens is 384 g/mol. The van der Waals surface area contributed by atoms with Crippen LogP contribution in [0.2, 0.25) is 5.02 Å². The molecule has 1 saturated heterocycles.